The molecule has 3 nitrogen and oxygen atoms in total. The predicted molar refractivity (Wildman–Crippen MR) is 69.3 cm³/mol. The van der Waals surface area contributed by atoms with Crippen LogP contribution in [0.15, 0.2) is 18.2 Å². The summed E-state index contributed by atoms with van der Waals surface area (Å²) in [4.78, 5) is 0. The van der Waals surface area contributed by atoms with Gasteiger partial charge in [-0.05, 0) is 30.7 Å². The Morgan fingerprint density at radius 3 is 2.75 bits per heavy atom. The number of methoxy groups -OCH3 is 1. The molecule has 0 saturated heterocycles. The highest BCUT2D eigenvalue weighted by Gasteiger charge is 2.05. The van der Waals surface area contributed by atoms with Crippen LogP contribution in [0.2, 0.25) is 5.02 Å². The standard InChI is InChI=1S/C12H19ClN2O/c1-3-9(7-14)8-15-10-4-5-12(16-2)11(13)6-10/h4-6,9,15H,3,7-8,14H2,1-2H3. The summed E-state index contributed by atoms with van der Waals surface area (Å²) < 4.78 is 5.09. The van der Waals surface area contributed by atoms with E-state index in [-0.39, 0.29) is 0 Å². The van der Waals surface area contributed by atoms with Crippen LogP contribution in [0.1, 0.15) is 13.3 Å². The second-order valence-corrected chi connectivity index (χ2v) is 4.15. The van der Waals surface area contributed by atoms with E-state index in [9.17, 15) is 0 Å². The largest absolute Gasteiger partial charge is 0.495 e. The molecular weight excluding hydrogens is 224 g/mol. The topological polar surface area (TPSA) is 47.3 Å². The molecule has 0 radical (unpaired) electrons. The maximum atomic E-state index is 6.02. The quantitative estimate of drug-likeness (QED) is 0.807. The van der Waals surface area contributed by atoms with Gasteiger partial charge in [-0.3, -0.25) is 0 Å². The van der Waals surface area contributed by atoms with Gasteiger partial charge in [0.05, 0.1) is 12.1 Å². The molecule has 1 unspecified atom stereocenters. The summed E-state index contributed by atoms with van der Waals surface area (Å²) in [5.41, 5.74) is 6.63. The fourth-order valence-corrected chi connectivity index (χ4v) is 1.69. The highest BCUT2D eigenvalue weighted by molar-refractivity contribution is 6.32. The highest BCUT2D eigenvalue weighted by atomic mass is 35.5. The Kier molecular flexibility index (Phi) is 5.43. The number of rotatable bonds is 6. The van der Waals surface area contributed by atoms with Crippen LogP contribution in [0.5, 0.6) is 5.75 Å². The van der Waals surface area contributed by atoms with Crippen molar-refractivity contribution < 1.29 is 4.74 Å². The molecule has 0 aliphatic rings. The highest BCUT2D eigenvalue weighted by Crippen LogP contribution is 2.27. The van der Waals surface area contributed by atoms with Crippen LogP contribution in [0.25, 0.3) is 0 Å². The molecule has 1 rings (SSSR count). The lowest BCUT2D eigenvalue weighted by atomic mass is 10.1. The third kappa shape index (κ3) is 3.58. The van der Waals surface area contributed by atoms with Crippen molar-refractivity contribution in [3.8, 4) is 5.75 Å². The second-order valence-electron chi connectivity index (χ2n) is 3.74. The fourth-order valence-electron chi connectivity index (χ4n) is 1.43. The summed E-state index contributed by atoms with van der Waals surface area (Å²) in [6.45, 7) is 3.71. The van der Waals surface area contributed by atoms with Crippen LogP contribution in [-0.4, -0.2) is 20.2 Å². The van der Waals surface area contributed by atoms with Gasteiger partial charge < -0.3 is 15.8 Å². The van der Waals surface area contributed by atoms with Crippen LogP contribution >= 0.6 is 11.6 Å². The first kappa shape index (κ1) is 13.1. The summed E-state index contributed by atoms with van der Waals surface area (Å²) in [6.07, 6.45) is 1.08. The number of hydrogen-bond acceptors (Lipinski definition) is 3. The number of ether oxygens (including phenoxy) is 1. The van der Waals surface area contributed by atoms with Crippen molar-refractivity contribution >= 4 is 17.3 Å². The Morgan fingerprint density at radius 1 is 1.50 bits per heavy atom. The molecule has 0 aliphatic heterocycles. The van der Waals surface area contributed by atoms with Gasteiger partial charge in [-0.25, -0.2) is 0 Å². The molecular formula is C12H19ClN2O. The number of benzene rings is 1. The van der Waals surface area contributed by atoms with Crippen molar-refractivity contribution in [3.05, 3.63) is 23.2 Å². The van der Waals surface area contributed by atoms with E-state index < -0.39 is 0 Å². The van der Waals surface area contributed by atoms with E-state index in [1.807, 2.05) is 18.2 Å². The van der Waals surface area contributed by atoms with Gasteiger partial charge >= 0.3 is 0 Å². The van der Waals surface area contributed by atoms with E-state index in [0.29, 0.717) is 23.2 Å². The molecule has 0 aromatic heterocycles. The average molecular weight is 243 g/mol. The maximum Gasteiger partial charge on any atom is 0.137 e. The third-order valence-electron chi connectivity index (χ3n) is 2.66. The van der Waals surface area contributed by atoms with Crippen molar-refractivity contribution in [2.75, 3.05) is 25.5 Å². The molecule has 16 heavy (non-hydrogen) atoms. The van der Waals surface area contributed by atoms with E-state index >= 15 is 0 Å². The molecule has 0 saturated carbocycles. The van der Waals surface area contributed by atoms with Crippen molar-refractivity contribution in [1.29, 1.82) is 0 Å². The summed E-state index contributed by atoms with van der Waals surface area (Å²) >= 11 is 6.02. The summed E-state index contributed by atoms with van der Waals surface area (Å²) in [7, 11) is 1.61. The number of hydrogen-bond donors (Lipinski definition) is 2. The molecule has 0 heterocycles. The van der Waals surface area contributed by atoms with E-state index in [4.69, 9.17) is 22.1 Å². The van der Waals surface area contributed by atoms with Gasteiger partial charge in [-0.2, -0.15) is 0 Å². The van der Waals surface area contributed by atoms with Crippen molar-refractivity contribution in [3.63, 3.8) is 0 Å². The predicted octanol–water partition coefficient (Wildman–Crippen LogP) is 2.75. The molecule has 4 heteroatoms. The molecule has 1 aromatic carbocycles. The number of nitrogens with one attached hydrogen (secondary N) is 1. The van der Waals surface area contributed by atoms with Gasteiger partial charge in [-0.15, -0.1) is 0 Å². The molecule has 1 aromatic rings. The van der Waals surface area contributed by atoms with Crippen molar-refractivity contribution in [1.82, 2.24) is 0 Å². The van der Waals surface area contributed by atoms with E-state index in [0.717, 1.165) is 18.7 Å². The first-order valence-electron chi connectivity index (χ1n) is 5.48. The van der Waals surface area contributed by atoms with Gasteiger partial charge in [0.25, 0.3) is 0 Å². The molecule has 0 fully saturated rings. The van der Waals surface area contributed by atoms with Gasteiger partial charge in [0.15, 0.2) is 0 Å². The van der Waals surface area contributed by atoms with Crippen LogP contribution in [-0.2, 0) is 0 Å². The molecule has 90 valence electrons. The van der Waals surface area contributed by atoms with Crippen LogP contribution in [0, 0.1) is 5.92 Å². The zero-order valence-corrected chi connectivity index (χ0v) is 10.6. The molecule has 0 amide bonds. The van der Waals surface area contributed by atoms with Crippen LogP contribution < -0.4 is 15.8 Å². The summed E-state index contributed by atoms with van der Waals surface area (Å²) in [6, 6.07) is 5.67. The molecule has 1 atom stereocenters. The monoisotopic (exact) mass is 242 g/mol. The summed E-state index contributed by atoms with van der Waals surface area (Å²) in [5, 5.41) is 3.94. The minimum Gasteiger partial charge on any atom is -0.495 e. The minimum atomic E-state index is 0.501. The lowest BCUT2D eigenvalue weighted by Gasteiger charge is -2.14. The fraction of sp³-hybridized carbons (Fsp3) is 0.500. The van der Waals surface area contributed by atoms with Crippen molar-refractivity contribution in [2.24, 2.45) is 11.7 Å². The van der Waals surface area contributed by atoms with Gasteiger partial charge in [0.1, 0.15) is 5.75 Å². The lowest BCUT2D eigenvalue weighted by molar-refractivity contribution is 0.415. The first-order chi connectivity index (χ1) is 7.71. The zero-order valence-electron chi connectivity index (χ0n) is 9.79. The lowest BCUT2D eigenvalue weighted by Crippen LogP contribution is -2.22. The maximum absolute atomic E-state index is 6.02. The number of anilines is 1. The Hall–Kier alpha value is -0.930. The van der Waals surface area contributed by atoms with E-state index in [1.165, 1.54) is 0 Å². The zero-order chi connectivity index (χ0) is 12.0. The summed E-state index contributed by atoms with van der Waals surface area (Å²) in [5.74, 6) is 1.19. The van der Waals surface area contributed by atoms with E-state index in [2.05, 4.69) is 12.2 Å². The van der Waals surface area contributed by atoms with Gasteiger partial charge in [0, 0.05) is 12.2 Å². The number of nitrogens with two attached hydrogens (primary N) is 1. The number of halogens is 1. The van der Waals surface area contributed by atoms with Gasteiger partial charge in [-0.1, -0.05) is 24.9 Å². The van der Waals surface area contributed by atoms with Gasteiger partial charge in [0.2, 0.25) is 0 Å². The normalized spacial score (nSPS) is 12.2. The second kappa shape index (κ2) is 6.61. The Bertz CT molecular complexity index is 327. The Balaban J connectivity index is 2.58. The minimum absolute atomic E-state index is 0.501. The smallest absolute Gasteiger partial charge is 0.137 e. The third-order valence-corrected chi connectivity index (χ3v) is 2.95. The Labute approximate surface area is 102 Å². The molecule has 0 bridgehead atoms. The Morgan fingerprint density at radius 2 is 2.25 bits per heavy atom. The van der Waals surface area contributed by atoms with Crippen LogP contribution in [0.4, 0.5) is 5.69 Å². The molecule has 3 N–H and O–H groups in total. The average Bonchev–Trinajstić information content (AvgIpc) is 2.30. The van der Waals surface area contributed by atoms with Crippen molar-refractivity contribution in [2.45, 2.75) is 13.3 Å². The molecule has 0 aliphatic carbocycles. The van der Waals surface area contributed by atoms with Crippen LogP contribution in [0.3, 0.4) is 0 Å². The SMILES string of the molecule is CCC(CN)CNc1ccc(OC)c(Cl)c1. The molecule has 0 spiro atoms. The first-order valence-corrected chi connectivity index (χ1v) is 5.86. The van der Waals surface area contributed by atoms with E-state index in [1.54, 1.807) is 7.11 Å².